The average Bonchev–Trinajstić information content (AvgIpc) is 2.72. The number of benzene rings is 2. The zero-order valence-electron chi connectivity index (χ0n) is 15.7. The zero-order valence-corrected chi connectivity index (χ0v) is 15.7. The first-order chi connectivity index (χ1) is 13.1. The lowest BCUT2D eigenvalue weighted by atomic mass is 9.97. The van der Waals surface area contributed by atoms with Gasteiger partial charge in [0.15, 0.2) is 0 Å². The van der Waals surface area contributed by atoms with Crippen molar-refractivity contribution in [1.82, 2.24) is 10.2 Å². The van der Waals surface area contributed by atoms with Crippen LogP contribution in [0.25, 0.3) is 0 Å². The van der Waals surface area contributed by atoms with Crippen LogP contribution in [0.15, 0.2) is 54.6 Å². The highest BCUT2D eigenvalue weighted by molar-refractivity contribution is 5.81. The Bertz CT molecular complexity index is 721. The maximum absolute atomic E-state index is 13.0. The topological polar surface area (TPSA) is 41.6 Å². The lowest BCUT2D eigenvalue weighted by molar-refractivity contribution is -0.126. The predicted molar refractivity (Wildman–Crippen MR) is 104 cm³/mol. The standard InChI is InChI=1S/C22H27FN2O2/c1-17(22(26)24-14-18-9-11-20(23)12-10-18)25-13-5-6-19(15-25)16-27-21-7-3-2-4-8-21/h2-4,7-12,17,19H,5-6,13-16H2,1H3,(H,24,26). The van der Waals surface area contributed by atoms with Crippen molar-refractivity contribution >= 4 is 5.91 Å². The number of piperidine rings is 1. The fraction of sp³-hybridized carbons (Fsp3) is 0.409. The second-order valence-electron chi connectivity index (χ2n) is 7.15. The third-order valence-electron chi connectivity index (χ3n) is 5.09. The molecule has 1 amide bonds. The smallest absolute Gasteiger partial charge is 0.237 e. The van der Waals surface area contributed by atoms with Crippen LogP contribution < -0.4 is 10.1 Å². The van der Waals surface area contributed by atoms with Crippen LogP contribution >= 0.6 is 0 Å². The van der Waals surface area contributed by atoms with Gasteiger partial charge in [0.25, 0.3) is 0 Å². The lowest BCUT2D eigenvalue weighted by Gasteiger charge is -2.36. The summed E-state index contributed by atoms with van der Waals surface area (Å²) in [7, 11) is 0. The van der Waals surface area contributed by atoms with Gasteiger partial charge in [-0.1, -0.05) is 30.3 Å². The average molecular weight is 370 g/mol. The first-order valence-electron chi connectivity index (χ1n) is 9.56. The van der Waals surface area contributed by atoms with Gasteiger partial charge in [0, 0.05) is 19.0 Å². The van der Waals surface area contributed by atoms with E-state index in [1.807, 2.05) is 37.3 Å². The van der Waals surface area contributed by atoms with E-state index in [2.05, 4.69) is 10.2 Å². The zero-order chi connectivity index (χ0) is 19.1. The van der Waals surface area contributed by atoms with Crippen molar-refractivity contribution in [3.63, 3.8) is 0 Å². The van der Waals surface area contributed by atoms with Crippen LogP contribution in [0.2, 0.25) is 0 Å². The van der Waals surface area contributed by atoms with E-state index in [-0.39, 0.29) is 17.8 Å². The Hall–Kier alpha value is -2.40. The molecule has 2 atom stereocenters. The molecule has 0 spiro atoms. The highest BCUT2D eigenvalue weighted by Crippen LogP contribution is 2.20. The molecule has 0 aliphatic carbocycles. The Kier molecular flexibility index (Phi) is 6.82. The van der Waals surface area contributed by atoms with Gasteiger partial charge < -0.3 is 10.1 Å². The Morgan fingerprint density at radius 2 is 1.96 bits per heavy atom. The Morgan fingerprint density at radius 1 is 1.22 bits per heavy atom. The summed E-state index contributed by atoms with van der Waals surface area (Å²) in [6, 6.07) is 15.9. The molecule has 0 bridgehead atoms. The van der Waals surface area contributed by atoms with Crippen LogP contribution in [-0.2, 0) is 11.3 Å². The molecule has 0 saturated carbocycles. The van der Waals surface area contributed by atoms with Gasteiger partial charge in [0.05, 0.1) is 12.6 Å². The van der Waals surface area contributed by atoms with E-state index in [1.54, 1.807) is 12.1 Å². The van der Waals surface area contributed by atoms with Gasteiger partial charge in [0.1, 0.15) is 11.6 Å². The predicted octanol–water partition coefficient (Wildman–Crippen LogP) is 3.62. The minimum atomic E-state index is -0.268. The maximum atomic E-state index is 13.0. The Balaban J connectivity index is 1.46. The second-order valence-corrected chi connectivity index (χ2v) is 7.15. The first-order valence-corrected chi connectivity index (χ1v) is 9.56. The molecule has 0 aromatic heterocycles. The van der Waals surface area contributed by atoms with Crippen molar-refractivity contribution in [2.45, 2.75) is 32.4 Å². The summed E-state index contributed by atoms with van der Waals surface area (Å²) >= 11 is 0. The highest BCUT2D eigenvalue weighted by atomic mass is 19.1. The van der Waals surface area contributed by atoms with Gasteiger partial charge in [-0.3, -0.25) is 9.69 Å². The van der Waals surface area contributed by atoms with Crippen LogP contribution in [0, 0.1) is 11.7 Å². The molecule has 3 rings (SSSR count). The number of rotatable bonds is 7. The number of carbonyl (C=O) groups is 1. The number of amides is 1. The van der Waals surface area contributed by atoms with Crippen LogP contribution in [0.3, 0.4) is 0 Å². The van der Waals surface area contributed by atoms with E-state index in [0.29, 0.717) is 19.1 Å². The van der Waals surface area contributed by atoms with Gasteiger partial charge in [-0.15, -0.1) is 0 Å². The van der Waals surface area contributed by atoms with Gasteiger partial charge in [0.2, 0.25) is 5.91 Å². The molecule has 1 aliphatic rings. The quantitative estimate of drug-likeness (QED) is 0.809. The number of hydrogen-bond donors (Lipinski definition) is 1. The molecule has 5 heteroatoms. The number of halogens is 1. The van der Waals surface area contributed by atoms with Crippen molar-refractivity contribution < 1.29 is 13.9 Å². The largest absolute Gasteiger partial charge is 0.493 e. The summed E-state index contributed by atoms with van der Waals surface area (Å²) in [6.07, 6.45) is 2.19. The van der Waals surface area contributed by atoms with Crippen molar-refractivity contribution in [3.05, 3.63) is 66.0 Å². The molecule has 1 heterocycles. The number of carbonyl (C=O) groups excluding carboxylic acids is 1. The molecule has 144 valence electrons. The highest BCUT2D eigenvalue weighted by Gasteiger charge is 2.27. The van der Waals surface area contributed by atoms with Crippen LogP contribution in [-0.4, -0.2) is 36.5 Å². The molecular formula is C22H27FN2O2. The van der Waals surface area contributed by atoms with Crippen LogP contribution in [0.5, 0.6) is 5.75 Å². The van der Waals surface area contributed by atoms with E-state index in [9.17, 15) is 9.18 Å². The maximum Gasteiger partial charge on any atom is 0.237 e. The summed E-state index contributed by atoms with van der Waals surface area (Å²) in [5, 5.41) is 2.95. The van der Waals surface area contributed by atoms with E-state index in [1.165, 1.54) is 12.1 Å². The molecule has 2 unspecified atom stereocenters. The van der Waals surface area contributed by atoms with Gasteiger partial charge in [-0.2, -0.15) is 0 Å². The lowest BCUT2D eigenvalue weighted by Crippen LogP contribution is -2.49. The monoisotopic (exact) mass is 370 g/mol. The molecule has 1 saturated heterocycles. The fourth-order valence-electron chi connectivity index (χ4n) is 3.42. The third-order valence-corrected chi connectivity index (χ3v) is 5.09. The minimum Gasteiger partial charge on any atom is -0.493 e. The molecule has 1 fully saturated rings. The molecule has 1 N–H and O–H groups in total. The summed E-state index contributed by atoms with van der Waals surface area (Å²) < 4.78 is 18.9. The summed E-state index contributed by atoms with van der Waals surface area (Å²) in [5.41, 5.74) is 0.893. The van der Waals surface area contributed by atoms with Gasteiger partial charge in [-0.05, 0) is 56.1 Å². The molecule has 4 nitrogen and oxygen atoms in total. The van der Waals surface area contributed by atoms with Gasteiger partial charge in [-0.25, -0.2) is 4.39 Å². The SMILES string of the molecule is CC(C(=O)NCc1ccc(F)cc1)N1CCCC(COc2ccccc2)C1. The Morgan fingerprint density at radius 3 is 2.70 bits per heavy atom. The molecule has 2 aromatic carbocycles. The first kappa shape index (κ1) is 19.4. The van der Waals surface area contributed by atoms with Crippen LogP contribution in [0.1, 0.15) is 25.3 Å². The number of ether oxygens (including phenoxy) is 1. The summed E-state index contributed by atoms with van der Waals surface area (Å²) in [4.78, 5) is 14.7. The molecule has 0 radical (unpaired) electrons. The van der Waals surface area contributed by atoms with E-state index < -0.39 is 0 Å². The normalized spacial score (nSPS) is 18.7. The molecular weight excluding hydrogens is 343 g/mol. The number of hydrogen-bond acceptors (Lipinski definition) is 3. The number of nitrogens with one attached hydrogen (secondary N) is 1. The third kappa shape index (κ3) is 5.79. The van der Waals surface area contributed by atoms with Gasteiger partial charge >= 0.3 is 0 Å². The van der Waals surface area contributed by atoms with Crippen molar-refractivity contribution in [3.8, 4) is 5.75 Å². The molecule has 2 aromatic rings. The van der Waals surface area contributed by atoms with Crippen molar-refractivity contribution in [1.29, 1.82) is 0 Å². The second kappa shape index (κ2) is 9.51. The van der Waals surface area contributed by atoms with E-state index in [0.717, 1.165) is 37.2 Å². The van der Waals surface area contributed by atoms with Crippen molar-refractivity contribution in [2.24, 2.45) is 5.92 Å². The van der Waals surface area contributed by atoms with Crippen LogP contribution in [0.4, 0.5) is 4.39 Å². The Labute approximate surface area is 160 Å². The number of likely N-dealkylation sites (tertiary alicyclic amines) is 1. The van der Waals surface area contributed by atoms with E-state index in [4.69, 9.17) is 4.74 Å². The molecule has 27 heavy (non-hydrogen) atoms. The minimum absolute atomic E-state index is 0.00366. The fourth-order valence-corrected chi connectivity index (χ4v) is 3.42. The number of para-hydroxylation sites is 1. The number of nitrogens with zero attached hydrogens (tertiary/aromatic N) is 1. The molecule has 1 aliphatic heterocycles. The van der Waals surface area contributed by atoms with Crippen molar-refractivity contribution in [2.75, 3.05) is 19.7 Å². The summed E-state index contributed by atoms with van der Waals surface area (Å²) in [6.45, 7) is 4.81. The summed E-state index contributed by atoms with van der Waals surface area (Å²) in [5.74, 6) is 1.05. The van der Waals surface area contributed by atoms with E-state index >= 15 is 0 Å².